The Kier molecular flexibility index (Phi) is 6.42. The summed E-state index contributed by atoms with van der Waals surface area (Å²) in [5.74, 6) is 0.850. The van der Waals surface area contributed by atoms with Gasteiger partial charge in [0, 0.05) is 32.2 Å². The van der Waals surface area contributed by atoms with E-state index >= 15 is 0 Å². The van der Waals surface area contributed by atoms with Crippen molar-refractivity contribution in [2.45, 2.75) is 31.3 Å². The van der Waals surface area contributed by atoms with Crippen molar-refractivity contribution >= 4 is 47.7 Å². The molecule has 10 heteroatoms. The summed E-state index contributed by atoms with van der Waals surface area (Å²) in [7, 11) is 1.88. The number of nitrogens with one attached hydrogen (secondary N) is 2. The van der Waals surface area contributed by atoms with E-state index in [1.54, 1.807) is 6.33 Å². The maximum Gasteiger partial charge on any atom is 0.242 e. The molecule has 2 fully saturated rings. The van der Waals surface area contributed by atoms with Crippen LogP contribution in [-0.4, -0.2) is 69.5 Å². The van der Waals surface area contributed by atoms with Gasteiger partial charge in [0.1, 0.15) is 11.8 Å². The van der Waals surface area contributed by atoms with Crippen molar-refractivity contribution in [3.63, 3.8) is 0 Å². The number of halogens is 2. The van der Waals surface area contributed by atoms with E-state index < -0.39 is 0 Å². The van der Waals surface area contributed by atoms with Crippen molar-refractivity contribution in [1.29, 1.82) is 0 Å². The molecule has 0 aliphatic carbocycles. The van der Waals surface area contributed by atoms with Gasteiger partial charge in [0.2, 0.25) is 5.91 Å². The highest BCUT2D eigenvalue weighted by Crippen LogP contribution is 2.21. The van der Waals surface area contributed by atoms with Gasteiger partial charge in [-0.3, -0.25) is 4.79 Å². The first-order chi connectivity index (χ1) is 11.2. The normalized spacial score (nSPS) is 22.0. The molecule has 0 aromatic carbocycles. The van der Waals surface area contributed by atoms with Crippen LogP contribution in [0, 0.1) is 0 Å². The predicted molar refractivity (Wildman–Crippen MR) is 101 cm³/mol. The van der Waals surface area contributed by atoms with E-state index in [9.17, 15) is 4.79 Å². The van der Waals surface area contributed by atoms with Crippen molar-refractivity contribution in [2.24, 2.45) is 0 Å². The molecule has 4 rings (SSSR count). The Morgan fingerprint density at radius 1 is 1.24 bits per heavy atom. The van der Waals surface area contributed by atoms with E-state index in [1.165, 1.54) is 19.2 Å². The summed E-state index contributed by atoms with van der Waals surface area (Å²) in [6, 6.07) is 1.04. The lowest BCUT2D eigenvalue weighted by atomic mass is 10.1. The number of fused-ring (bicyclic) bond motifs is 3. The van der Waals surface area contributed by atoms with Crippen LogP contribution in [0.15, 0.2) is 12.7 Å². The summed E-state index contributed by atoms with van der Waals surface area (Å²) in [5.41, 5.74) is 1.38. The molecule has 2 N–H and O–H groups in total. The van der Waals surface area contributed by atoms with Crippen molar-refractivity contribution in [3.8, 4) is 0 Å². The number of amides is 1. The number of likely N-dealkylation sites (tertiary alicyclic amines) is 1. The molecule has 2 saturated heterocycles. The molecule has 4 heterocycles. The summed E-state index contributed by atoms with van der Waals surface area (Å²) < 4.78 is 0. The van der Waals surface area contributed by atoms with Crippen molar-refractivity contribution < 1.29 is 4.79 Å². The largest absolute Gasteiger partial charge is 0.348 e. The number of hydrogen-bond acceptors (Lipinski definition) is 6. The van der Waals surface area contributed by atoms with Crippen molar-refractivity contribution in [2.75, 3.05) is 31.6 Å². The van der Waals surface area contributed by atoms with Gasteiger partial charge in [-0.05, 0) is 19.3 Å². The Hall–Kier alpha value is -1.64. The number of likely N-dealkylation sites (N-methyl/N-ethyl adjacent to an activating group) is 1. The molecule has 2 aromatic rings. The van der Waals surface area contributed by atoms with Gasteiger partial charge in [0.05, 0.1) is 12.9 Å². The van der Waals surface area contributed by atoms with Gasteiger partial charge in [-0.1, -0.05) is 0 Å². The summed E-state index contributed by atoms with van der Waals surface area (Å²) in [6.45, 7) is 1.96. The van der Waals surface area contributed by atoms with Crippen LogP contribution >= 0.6 is 24.8 Å². The van der Waals surface area contributed by atoms with Crippen LogP contribution in [0.3, 0.4) is 0 Å². The Labute approximate surface area is 158 Å². The summed E-state index contributed by atoms with van der Waals surface area (Å²) >= 11 is 0. The number of carbonyl (C=O) groups excluding carboxylic acids is 1. The lowest BCUT2D eigenvalue weighted by Gasteiger charge is -2.27. The minimum Gasteiger partial charge on any atom is -0.348 e. The number of aromatic nitrogens is 4. The fourth-order valence-electron chi connectivity index (χ4n) is 3.59. The number of H-pyrrole nitrogens is 1. The van der Waals surface area contributed by atoms with Crippen LogP contribution in [0.1, 0.15) is 19.3 Å². The Balaban J connectivity index is 0.00000113. The molecule has 2 atom stereocenters. The molecular formula is C15H23Cl2N7O. The van der Waals surface area contributed by atoms with Crippen LogP contribution in [0.4, 0.5) is 5.82 Å². The Morgan fingerprint density at radius 3 is 2.88 bits per heavy atom. The number of rotatable bonds is 3. The van der Waals surface area contributed by atoms with E-state index in [0.717, 1.165) is 25.0 Å². The van der Waals surface area contributed by atoms with Crippen LogP contribution in [0.2, 0.25) is 0 Å². The third-order valence-corrected chi connectivity index (χ3v) is 4.81. The third-order valence-electron chi connectivity index (χ3n) is 4.81. The second-order valence-electron chi connectivity index (χ2n) is 6.42. The first-order valence-corrected chi connectivity index (χ1v) is 8.10. The van der Waals surface area contributed by atoms with Crippen LogP contribution in [0.5, 0.6) is 0 Å². The highest BCUT2D eigenvalue weighted by Gasteiger charge is 2.31. The quantitative estimate of drug-likeness (QED) is 0.815. The first-order valence-electron chi connectivity index (χ1n) is 8.10. The van der Waals surface area contributed by atoms with E-state index in [0.29, 0.717) is 30.1 Å². The number of nitrogens with zero attached hydrogens (tertiary/aromatic N) is 5. The van der Waals surface area contributed by atoms with Gasteiger partial charge >= 0.3 is 0 Å². The van der Waals surface area contributed by atoms with Gasteiger partial charge in [-0.2, -0.15) is 0 Å². The van der Waals surface area contributed by atoms with E-state index in [1.807, 2.05) is 16.8 Å². The molecule has 0 radical (unpaired) electrons. The number of hydrogen-bond donors (Lipinski definition) is 2. The molecule has 138 valence electrons. The summed E-state index contributed by atoms with van der Waals surface area (Å²) in [6.07, 6.45) is 6.53. The van der Waals surface area contributed by atoms with Crippen molar-refractivity contribution in [3.05, 3.63) is 12.7 Å². The average Bonchev–Trinajstić information content (AvgIpc) is 3.12. The zero-order valence-electron chi connectivity index (χ0n) is 14.0. The molecule has 2 aromatic heterocycles. The highest BCUT2D eigenvalue weighted by atomic mass is 35.5. The number of carbonyl (C=O) groups is 1. The zero-order valence-corrected chi connectivity index (χ0v) is 15.6. The number of imidazole rings is 1. The van der Waals surface area contributed by atoms with Gasteiger partial charge in [-0.15, -0.1) is 24.8 Å². The Bertz CT molecular complexity index is 725. The highest BCUT2D eigenvalue weighted by molar-refractivity contribution is 5.87. The SMILES string of the molecule is CN(CC(=O)N1CCC2CCC(C1)N2)c1ncnc2nc[nH]c12.Cl.Cl. The second kappa shape index (κ2) is 8.16. The molecule has 2 unspecified atom stereocenters. The maximum atomic E-state index is 12.7. The lowest BCUT2D eigenvalue weighted by Crippen LogP contribution is -2.43. The van der Waals surface area contributed by atoms with Gasteiger partial charge in [0.15, 0.2) is 11.5 Å². The molecule has 2 aliphatic heterocycles. The van der Waals surface area contributed by atoms with Gasteiger partial charge < -0.3 is 20.1 Å². The average molecular weight is 388 g/mol. The molecule has 25 heavy (non-hydrogen) atoms. The molecule has 1 amide bonds. The number of aromatic amines is 1. The maximum absolute atomic E-state index is 12.7. The van der Waals surface area contributed by atoms with Gasteiger partial charge in [-0.25, -0.2) is 15.0 Å². The molecule has 0 spiro atoms. The predicted octanol–water partition coefficient (Wildman–Crippen LogP) is 0.986. The van der Waals surface area contributed by atoms with Crippen molar-refractivity contribution in [1.82, 2.24) is 30.2 Å². The standard InChI is InChI=1S/C15H21N7O.2ClH/c1-21(15-13-14(17-8-16-13)18-9-19-15)7-12(23)22-5-4-10-2-3-11(6-22)20-10;;/h8-11,20H,2-7H2,1H3,(H,16,17,18,19);2*1H. The molecule has 8 nitrogen and oxygen atoms in total. The number of anilines is 1. The van der Waals surface area contributed by atoms with Crippen LogP contribution < -0.4 is 10.2 Å². The van der Waals surface area contributed by atoms with E-state index in [4.69, 9.17) is 0 Å². The third kappa shape index (κ3) is 3.96. The van der Waals surface area contributed by atoms with E-state index in [2.05, 4.69) is 25.3 Å². The lowest BCUT2D eigenvalue weighted by molar-refractivity contribution is -0.129. The molecule has 0 saturated carbocycles. The van der Waals surface area contributed by atoms with E-state index in [-0.39, 0.29) is 30.7 Å². The minimum absolute atomic E-state index is 0. The fraction of sp³-hybridized carbons (Fsp3) is 0.600. The second-order valence-corrected chi connectivity index (χ2v) is 6.42. The molecule has 2 aliphatic rings. The summed E-state index contributed by atoms with van der Waals surface area (Å²) in [4.78, 5) is 32.1. The topological polar surface area (TPSA) is 90.0 Å². The minimum atomic E-state index is 0. The monoisotopic (exact) mass is 387 g/mol. The summed E-state index contributed by atoms with van der Waals surface area (Å²) in [5, 5.41) is 3.60. The fourth-order valence-corrected chi connectivity index (χ4v) is 3.59. The Morgan fingerprint density at radius 2 is 2.04 bits per heavy atom. The zero-order chi connectivity index (χ0) is 15.8. The van der Waals surface area contributed by atoms with Crippen LogP contribution in [0.25, 0.3) is 11.2 Å². The molecule has 2 bridgehead atoms. The molecular weight excluding hydrogens is 365 g/mol. The smallest absolute Gasteiger partial charge is 0.242 e. The van der Waals surface area contributed by atoms with Crippen LogP contribution in [-0.2, 0) is 4.79 Å². The first kappa shape index (κ1) is 19.7. The van der Waals surface area contributed by atoms with Gasteiger partial charge in [0.25, 0.3) is 0 Å².